The predicted octanol–water partition coefficient (Wildman–Crippen LogP) is 2.58. The molecule has 0 radical (unpaired) electrons. The third kappa shape index (κ3) is 8.58. The smallest absolute Gasteiger partial charge is 0.0611 e. The van der Waals surface area contributed by atoms with Gasteiger partial charge in [-0.25, -0.2) is 0 Å². The monoisotopic (exact) mass is 245 g/mol. The summed E-state index contributed by atoms with van der Waals surface area (Å²) in [5.74, 6) is 0.643. The Morgan fingerprint density at radius 3 is 2.53 bits per heavy atom. The van der Waals surface area contributed by atoms with Crippen LogP contribution in [0.25, 0.3) is 0 Å². The summed E-state index contributed by atoms with van der Waals surface area (Å²) in [6, 6.07) is 0. The van der Waals surface area contributed by atoms with Gasteiger partial charge in [0, 0.05) is 18.8 Å². The quantitative estimate of drug-likeness (QED) is 0.550. The molecule has 0 spiro atoms. The van der Waals surface area contributed by atoms with Gasteiger partial charge in [0.05, 0.1) is 6.61 Å². The maximum atomic E-state index is 9.39. The maximum absolute atomic E-state index is 9.39. The molecule has 104 valence electrons. The molecule has 3 heteroatoms. The van der Waals surface area contributed by atoms with Crippen molar-refractivity contribution in [3.05, 3.63) is 0 Å². The van der Waals surface area contributed by atoms with Crippen LogP contribution in [-0.2, 0) is 4.74 Å². The van der Waals surface area contributed by atoms with Gasteiger partial charge in [0.25, 0.3) is 0 Å². The molecule has 2 N–H and O–H groups in total. The number of hydrogen-bond donors (Lipinski definition) is 2. The van der Waals surface area contributed by atoms with E-state index in [-0.39, 0.29) is 12.1 Å². The van der Waals surface area contributed by atoms with E-state index in [1.807, 2.05) is 0 Å². The minimum absolute atomic E-state index is 0.168. The van der Waals surface area contributed by atoms with Gasteiger partial charge in [-0.15, -0.1) is 0 Å². The highest BCUT2D eigenvalue weighted by molar-refractivity contribution is 4.81. The molecule has 2 unspecified atom stereocenters. The Kier molecular flexibility index (Phi) is 9.79. The molecule has 0 aromatic carbocycles. The first-order valence-corrected chi connectivity index (χ1v) is 7.01. The van der Waals surface area contributed by atoms with Gasteiger partial charge in [-0.3, -0.25) is 0 Å². The van der Waals surface area contributed by atoms with Crippen molar-refractivity contribution in [1.29, 1.82) is 0 Å². The van der Waals surface area contributed by atoms with Gasteiger partial charge in [-0.2, -0.15) is 0 Å². The third-order valence-electron chi connectivity index (χ3n) is 3.13. The van der Waals surface area contributed by atoms with Crippen LogP contribution in [0.5, 0.6) is 0 Å². The normalized spacial score (nSPS) is 16.8. The standard InChI is InChI=1S/C14H31NO2/c1-5-7-13(3)11-17-10-8-14(4,12-16)15-9-6-2/h13,15-16H,5-12H2,1-4H3. The fourth-order valence-electron chi connectivity index (χ4n) is 1.81. The lowest BCUT2D eigenvalue weighted by Crippen LogP contribution is -2.47. The minimum Gasteiger partial charge on any atom is -0.394 e. The highest BCUT2D eigenvalue weighted by atomic mass is 16.5. The molecule has 0 heterocycles. The first-order chi connectivity index (χ1) is 8.08. The van der Waals surface area contributed by atoms with Crippen molar-refractivity contribution in [2.75, 3.05) is 26.4 Å². The van der Waals surface area contributed by atoms with Gasteiger partial charge in [0.15, 0.2) is 0 Å². The second-order valence-electron chi connectivity index (χ2n) is 5.36. The van der Waals surface area contributed by atoms with E-state index in [1.165, 1.54) is 12.8 Å². The van der Waals surface area contributed by atoms with E-state index in [9.17, 15) is 5.11 Å². The minimum atomic E-state index is -0.190. The van der Waals surface area contributed by atoms with Crippen LogP contribution in [0.1, 0.15) is 53.4 Å². The van der Waals surface area contributed by atoms with Crippen molar-refractivity contribution in [1.82, 2.24) is 5.32 Å². The summed E-state index contributed by atoms with van der Waals surface area (Å²) in [4.78, 5) is 0. The molecular formula is C14H31NO2. The molecular weight excluding hydrogens is 214 g/mol. The average Bonchev–Trinajstić information content (AvgIpc) is 2.32. The molecule has 0 saturated carbocycles. The molecule has 3 nitrogen and oxygen atoms in total. The second kappa shape index (κ2) is 9.86. The first kappa shape index (κ1) is 16.9. The SMILES string of the molecule is CCCNC(C)(CO)CCOCC(C)CCC. The first-order valence-electron chi connectivity index (χ1n) is 7.01. The number of aliphatic hydroxyl groups excluding tert-OH is 1. The van der Waals surface area contributed by atoms with Crippen LogP contribution in [0.2, 0.25) is 0 Å². The molecule has 0 fully saturated rings. The molecule has 0 aliphatic heterocycles. The number of rotatable bonds is 11. The molecule has 17 heavy (non-hydrogen) atoms. The van der Waals surface area contributed by atoms with E-state index in [4.69, 9.17) is 4.74 Å². The van der Waals surface area contributed by atoms with Crippen LogP contribution in [-0.4, -0.2) is 37.0 Å². The summed E-state index contributed by atoms with van der Waals surface area (Å²) in [6.45, 7) is 11.3. The van der Waals surface area contributed by atoms with Crippen LogP contribution in [0.3, 0.4) is 0 Å². The molecule has 0 saturated heterocycles. The van der Waals surface area contributed by atoms with Crippen LogP contribution in [0.4, 0.5) is 0 Å². The molecule has 0 rings (SSSR count). The van der Waals surface area contributed by atoms with Crippen LogP contribution >= 0.6 is 0 Å². The van der Waals surface area contributed by atoms with E-state index in [1.54, 1.807) is 0 Å². The molecule has 0 amide bonds. The van der Waals surface area contributed by atoms with E-state index >= 15 is 0 Å². The summed E-state index contributed by atoms with van der Waals surface area (Å²) < 4.78 is 5.67. The average molecular weight is 245 g/mol. The van der Waals surface area contributed by atoms with Crippen LogP contribution in [0, 0.1) is 5.92 Å². The van der Waals surface area contributed by atoms with E-state index in [2.05, 4.69) is 33.0 Å². The molecule has 0 aromatic heterocycles. The van der Waals surface area contributed by atoms with Gasteiger partial charge in [0.2, 0.25) is 0 Å². The Labute approximate surface area is 107 Å². The van der Waals surface area contributed by atoms with Gasteiger partial charge >= 0.3 is 0 Å². The third-order valence-corrected chi connectivity index (χ3v) is 3.13. The second-order valence-corrected chi connectivity index (χ2v) is 5.36. The summed E-state index contributed by atoms with van der Waals surface area (Å²) in [5, 5.41) is 12.8. The fraction of sp³-hybridized carbons (Fsp3) is 1.00. The van der Waals surface area contributed by atoms with Crippen molar-refractivity contribution in [2.24, 2.45) is 5.92 Å². The highest BCUT2D eigenvalue weighted by Gasteiger charge is 2.21. The Balaban J connectivity index is 3.68. The van der Waals surface area contributed by atoms with Gasteiger partial charge in [-0.05, 0) is 38.6 Å². The summed E-state index contributed by atoms with van der Waals surface area (Å²) in [7, 11) is 0. The largest absolute Gasteiger partial charge is 0.394 e. The van der Waals surface area contributed by atoms with Crippen molar-refractivity contribution in [3.63, 3.8) is 0 Å². The van der Waals surface area contributed by atoms with Gasteiger partial charge in [-0.1, -0.05) is 27.2 Å². The molecule has 0 aliphatic rings. The van der Waals surface area contributed by atoms with Crippen LogP contribution in [0.15, 0.2) is 0 Å². The number of aliphatic hydroxyl groups is 1. The van der Waals surface area contributed by atoms with Crippen molar-refractivity contribution < 1.29 is 9.84 Å². The fourth-order valence-corrected chi connectivity index (χ4v) is 1.81. The summed E-state index contributed by atoms with van der Waals surface area (Å²) >= 11 is 0. The summed E-state index contributed by atoms with van der Waals surface area (Å²) in [6.07, 6.45) is 4.40. The Bertz CT molecular complexity index is 176. The maximum Gasteiger partial charge on any atom is 0.0611 e. The number of hydrogen-bond acceptors (Lipinski definition) is 3. The topological polar surface area (TPSA) is 41.5 Å². The molecule has 0 aromatic rings. The zero-order chi connectivity index (χ0) is 13.1. The van der Waals surface area contributed by atoms with Crippen molar-refractivity contribution in [2.45, 2.75) is 58.9 Å². The Hall–Kier alpha value is -0.120. The Morgan fingerprint density at radius 2 is 2.00 bits per heavy atom. The lowest BCUT2D eigenvalue weighted by molar-refractivity contribution is 0.0682. The van der Waals surface area contributed by atoms with Gasteiger partial charge < -0.3 is 15.2 Å². The Morgan fingerprint density at radius 1 is 1.29 bits per heavy atom. The van der Waals surface area contributed by atoms with E-state index < -0.39 is 0 Å². The highest BCUT2D eigenvalue weighted by Crippen LogP contribution is 2.10. The zero-order valence-electron chi connectivity index (χ0n) is 12.1. The zero-order valence-corrected chi connectivity index (χ0v) is 12.1. The van der Waals surface area contributed by atoms with E-state index in [0.29, 0.717) is 5.92 Å². The molecule has 0 aliphatic carbocycles. The van der Waals surface area contributed by atoms with Gasteiger partial charge in [0.1, 0.15) is 0 Å². The summed E-state index contributed by atoms with van der Waals surface area (Å²) in [5.41, 5.74) is -0.190. The van der Waals surface area contributed by atoms with E-state index in [0.717, 1.165) is 32.6 Å². The number of nitrogens with one attached hydrogen (secondary N) is 1. The lowest BCUT2D eigenvalue weighted by Gasteiger charge is -2.29. The molecule has 2 atom stereocenters. The predicted molar refractivity (Wildman–Crippen MR) is 73.3 cm³/mol. The van der Waals surface area contributed by atoms with Crippen molar-refractivity contribution in [3.8, 4) is 0 Å². The lowest BCUT2D eigenvalue weighted by atomic mass is 9.99. The van der Waals surface area contributed by atoms with Crippen LogP contribution < -0.4 is 5.32 Å². The van der Waals surface area contributed by atoms with Crippen molar-refractivity contribution >= 4 is 0 Å². The molecule has 0 bridgehead atoms. The number of ether oxygens (including phenoxy) is 1.